The minimum absolute atomic E-state index is 0.147. The van der Waals surface area contributed by atoms with Gasteiger partial charge >= 0.3 is 12.0 Å². The zero-order valence-electron chi connectivity index (χ0n) is 13.5. The van der Waals surface area contributed by atoms with Gasteiger partial charge in [-0.3, -0.25) is 0 Å². The minimum Gasteiger partial charge on any atom is -0.462 e. The second kappa shape index (κ2) is 8.49. The van der Waals surface area contributed by atoms with Crippen LogP contribution in [-0.4, -0.2) is 18.6 Å². The number of amides is 2. The van der Waals surface area contributed by atoms with E-state index in [0.717, 1.165) is 10.0 Å². The monoisotopic (exact) mass is 390 g/mol. The van der Waals surface area contributed by atoms with Crippen LogP contribution < -0.4 is 10.6 Å². The van der Waals surface area contributed by atoms with Gasteiger partial charge in [0.1, 0.15) is 0 Å². The Hall–Kier alpha value is -2.34. The van der Waals surface area contributed by atoms with Crippen LogP contribution in [0.25, 0.3) is 0 Å². The summed E-state index contributed by atoms with van der Waals surface area (Å²) in [5, 5.41) is 5.58. The van der Waals surface area contributed by atoms with Gasteiger partial charge in [-0.05, 0) is 49.7 Å². The lowest BCUT2D eigenvalue weighted by Crippen LogP contribution is -2.31. The van der Waals surface area contributed by atoms with Crippen LogP contribution in [0.3, 0.4) is 0 Å². The Kier molecular flexibility index (Phi) is 6.37. The Balaban J connectivity index is 1.98. The van der Waals surface area contributed by atoms with Crippen LogP contribution in [0.4, 0.5) is 10.5 Å². The van der Waals surface area contributed by atoms with Crippen molar-refractivity contribution in [1.82, 2.24) is 5.32 Å². The summed E-state index contributed by atoms with van der Waals surface area (Å²) in [5.74, 6) is -0.412. The molecule has 1 unspecified atom stereocenters. The zero-order chi connectivity index (χ0) is 17.5. The summed E-state index contributed by atoms with van der Waals surface area (Å²) < 4.78 is 5.93. The predicted molar refractivity (Wildman–Crippen MR) is 97.1 cm³/mol. The third kappa shape index (κ3) is 5.09. The maximum atomic E-state index is 12.1. The normalized spacial score (nSPS) is 11.5. The van der Waals surface area contributed by atoms with E-state index in [1.54, 1.807) is 31.2 Å². The van der Waals surface area contributed by atoms with E-state index in [-0.39, 0.29) is 12.1 Å². The number of rotatable bonds is 5. The van der Waals surface area contributed by atoms with Crippen LogP contribution in [0.2, 0.25) is 0 Å². The van der Waals surface area contributed by atoms with Gasteiger partial charge < -0.3 is 15.4 Å². The summed E-state index contributed by atoms with van der Waals surface area (Å²) in [5.41, 5.74) is 1.92. The molecule has 0 saturated heterocycles. The molecule has 0 fully saturated rings. The molecule has 6 heteroatoms. The number of halogens is 1. The van der Waals surface area contributed by atoms with E-state index in [4.69, 9.17) is 4.74 Å². The van der Waals surface area contributed by atoms with Crippen LogP contribution in [0, 0.1) is 0 Å². The van der Waals surface area contributed by atoms with Crippen LogP contribution in [0.5, 0.6) is 0 Å². The first-order valence-corrected chi connectivity index (χ1v) is 8.39. The molecule has 0 heterocycles. The average molecular weight is 391 g/mol. The number of hydrogen-bond acceptors (Lipinski definition) is 3. The molecule has 2 aromatic rings. The number of anilines is 1. The van der Waals surface area contributed by atoms with Gasteiger partial charge in [-0.15, -0.1) is 0 Å². The van der Waals surface area contributed by atoms with E-state index in [1.807, 2.05) is 31.2 Å². The van der Waals surface area contributed by atoms with Crippen molar-refractivity contribution in [2.75, 3.05) is 11.9 Å². The molecule has 0 spiro atoms. The van der Waals surface area contributed by atoms with Crippen molar-refractivity contribution < 1.29 is 14.3 Å². The SMILES string of the molecule is CCOC(=O)c1cccc(NC(=O)NC(C)c2ccc(Br)cc2)c1. The van der Waals surface area contributed by atoms with Crippen LogP contribution in [-0.2, 0) is 4.74 Å². The number of ether oxygens (including phenoxy) is 1. The maximum absolute atomic E-state index is 12.1. The lowest BCUT2D eigenvalue weighted by Gasteiger charge is -2.15. The Morgan fingerprint density at radius 1 is 1.17 bits per heavy atom. The first-order chi connectivity index (χ1) is 11.5. The fourth-order valence-corrected chi connectivity index (χ4v) is 2.40. The standard InChI is InChI=1S/C18H19BrN2O3/c1-3-24-17(22)14-5-4-6-16(11-14)21-18(23)20-12(2)13-7-9-15(19)10-8-13/h4-12H,3H2,1-2H3,(H2,20,21,23). The fourth-order valence-electron chi connectivity index (χ4n) is 2.14. The highest BCUT2D eigenvalue weighted by Crippen LogP contribution is 2.17. The molecule has 24 heavy (non-hydrogen) atoms. The molecular weight excluding hydrogens is 372 g/mol. The van der Waals surface area contributed by atoms with Crippen LogP contribution in [0.15, 0.2) is 53.0 Å². The summed E-state index contributed by atoms with van der Waals surface area (Å²) >= 11 is 3.38. The average Bonchev–Trinajstić information content (AvgIpc) is 2.55. The highest BCUT2D eigenvalue weighted by molar-refractivity contribution is 9.10. The van der Waals surface area contributed by atoms with Crippen molar-refractivity contribution in [1.29, 1.82) is 0 Å². The van der Waals surface area contributed by atoms with E-state index < -0.39 is 5.97 Å². The molecule has 0 bridgehead atoms. The van der Waals surface area contributed by atoms with Crippen molar-refractivity contribution in [2.45, 2.75) is 19.9 Å². The summed E-state index contributed by atoms with van der Waals surface area (Å²) in [4.78, 5) is 23.8. The predicted octanol–water partition coefficient (Wildman–Crippen LogP) is 4.51. The lowest BCUT2D eigenvalue weighted by atomic mass is 10.1. The Bertz CT molecular complexity index is 716. The zero-order valence-corrected chi connectivity index (χ0v) is 15.1. The van der Waals surface area contributed by atoms with Gasteiger partial charge in [-0.2, -0.15) is 0 Å². The quantitative estimate of drug-likeness (QED) is 0.737. The first-order valence-electron chi connectivity index (χ1n) is 7.59. The topological polar surface area (TPSA) is 67.4 Å². The molecule has 5 nitrogen and oxygen atoms in total. The molecule has 0 saturated carbocycles. The highest BCUT2D eigenvalue weighted by atomic mass is 79.9. The first kappa shape index (κ1) is 18.0. The molecule has 2 aromatic carbocycles. The molecule has 0 aliphatic heterocycles. The summed E-state index contributed by atoms with van der Waals surface area (Å²) in [7, 11) is 0. The van der Waals surface area contributed by atoms with Crippen molar-refractivity contribution >= 4 is 33.6 Å². The van der Waals surface area contributed by atoms with E-state index in [0.29, 0.717) is 17.9 Å². The van der Waals surface area contributed by atoms with E-state index >= 15 is 0 Å². The second-order valence-corrected chi connectivity index (χ2v) is 6.09. The number of hydrogen-bond donors (Lipinski definition) is 2. The Labute approximate surface area is 149 Å². The number of carbonyl (C=O) groups is 2. The Morgan fingerprint density at radius 2 is 1.88 bits per heavy atom. The van der Waals surface area contributed by atoms with Gasteiger partial charge in [0.05, 0.1) is 18.2 Å². The van der Waals surface area contributed by atoms with Gasteiger partial charge in [-0.1, -0.05) is 34.1 Å². The second-order valence-electron chi connectivity index (χ2n) is 5.17. The number of urea groups is 1. The smallest absolute Gasteiger partial charge is 0.338 e. The molecule has 0 aromatic heterocycles. The summed E-state index contributed by atoms with van der Waals surface area (Å²) in [6, 6.07) is 13.9. The molecule has 2 N–H and O–H groups in total. The molecule has 1 atom stereocenters. The number of benzene rings is 2. The van der Waals surface area contributed by atoms with Gasteiger partial charge in [0, 0.05) is 10.2 Å². The number of esters is 1. The van der Waals surface area contributed by atoms with Crippen molar-refractivity contribution in [3.05, 3.63) is 64.1 Å². The fraction of sp³-hybridized carbons (Fsp3) is 0.222. The molecule has 2 amide bonds. The molecule has 0 aliphatic rings. The Morgan fingerprint density at radius 3 is 2.54 bits per heavy atom. The van der Waals surface area contributed by atoms with Gasteiger partial charge in [0.15, 0.2) is 0 Å². The number of nitrogens with one attached hydrogen (secondary N) is 2. The van der Waals surface area contributed by atoms with Gasteiger partial charge in [0.2, 0.25) is 0 Å². The molecule has 0 radical (unpaired) electrons. The third-order valence-corrected chi connectivity index (χ3v) is 3.88. The third-order valence-electron chi connectivity index (χ3n) is 3.35. The van der Waals surface area contributed by atoms with E-state index in [1.165, 1.54) is 0 Å². The molecular formula is C18H19BrN2O3. The highest BCUT2D eigenvalue weighted by Gasteiger charge is 2.11. The van der Waals surface area contributed by atoms with Crippen LogP contribution >= 0.6 is 15.9 Å². The molecule has 2 rings (SSSR count). The largest absolute Gasteiger partial charge is 0.462 e. The van der Waals surface area contributed by atoms with Crippen LogP contribution in [0.1, 0.15) is 35.8 Å². The minimum atomic E-state index is -0.412. The van der Waals surface area contributed by atoms with Crippen molar-refractivity contribution in [3.63, 3.8) is 0 Å². The van der Waals surface area contributed by atoms with Gasteiger partial charge in [-0.25, -0.2) is 9.59 Å². The number of carbonyl (C=O) groups excluding carboxylic acids is 2. The van der Waals surface area contributed by atoms with Gasteiger partial charge in [0.25, 0.3) is 0 Å². The lowest BCUT2D eigenvalue weighted by molar-refractivity contribution is 0.0526. The van der Waals surface area contributed by atoms with Crippen molar-refractivity contribution in [2.24, 2.45) is 0 Å². The van der Waals surface area contributed by atoms with E-state index in [2.05, 4.69) is 26.6 Å². The maximum Gasteiger partial charge on any atom is 0.338 e. The van der Waals surface area contributed by atoms with E-state index in [9.17, 15) is 9.59 Å². The summed E-state index contributed by atoms with van der Waals surface area (Å²) in [6.45, 7) is 3.95. The molecule has 126 valence electrons. The van der Waals surface area contributed by atoms with Crippen molar-refractivity contribution in [3.8, 4) is 0 Å². The molecule has 0 aliphatic carbocycles. The summed E-state index contributed by atoms with van der Waals surface area (Å²) in [6.07, 6.45) is 0.